The molecule has 3 heterocycles. The van der Waals surface area contributed by atoms with Crippen molar-refractivity contribution in [1.29, 1.82) is 0 Å². The molecule has 182 valence electrons. The first-order valence-corrected chi connectivity index (χ1v) is 12.3. The Bertz CT molecular complexity index is 1080. The third kappa shape index (κ3) is 4.54. The maximum Gasteiger partial charge on any atom is 0.344 e. The average Bonchev–Trinajstić information content (AvgIpc) is 3.37. The number of urea groups is 1. The normalized spacial score (nSPS) is 20.4. The maximum atomic E-state index is 12.6. The van der Waals surface area contributed by atoms with Gasteiger partial charge >= 0.3 is 6.03 Å². The van der Waals surface area contributed by atoms with Crippen molar-refractivity contribution in [3.05, 3.63) is 24.3 Å². The fourth-order valence-corrected chi connectivity index (χ4v) is 4.72. The van der Waals surface area contributed by atoms with Crippen LogP contribution in [0, 0.1) is 0 Å². The van der Waals surface area contributed by atoms with Crippen LogP contribution in [0.25, 0.3) is 5.69 Å². The summed E-state index contributed by atoms with van der Waals surface area (Å²) in [4.78, 5) is 39.6. The van der Waals surface area contributed by atoms with Crippen molar-refractivity contribution in [2.24, 2.45) is 0 Å². The number of hydrogen-bond donors (Lipinski definition) is 2. The van der Waals surface area contributed by atoms with Gasteiger partial charge in [0.15, 0.2) is 5.16 Å². The van der Waals surface area contributed by atoms with E-state index in [9.17, 15) is 14.4 Å². The van der Waals surface area contributed by atoms with Crippen LogP contribution < -0.4 is 20.4 Å². The van der Waals surface area contributed by atoms with Crippen molar-refractivity contribution in [3.8, 4) is 11.4 Å². The van der Waals surface area contributed by atoms with Gasteiger partial charge in [0.25, 0.3) is 5.91 Å². The van der Waals surface area contributed by atoms with Gasteiger partial charge in [-0.15, -0.1) is 10.2 Å². The lowest BCUT2D eigenvalue weighted by Gasteiger charge is -2.28. The maximum absolute atomic E-state index is 12.6. The van der Waals surface area contributed by atoms with Gasteiger partial charge in [-0.1, -0.05) is 30.8 Å². The van der Waals surface area contributed by atoms with Crippen LogP contribution in [-0.4, -0.2) is 69.1 Å². The van der Waals surface area contributed by atoms with Crippen LogP contribution in [-0.2, 0) is 9.59 Å². The smallest absolute Gasteiger partial charge is 0.344 e. The summed E-state index contributed by atoms with van der Waals surface area (Å²) in [6, 6.07) is 6.92. The molecule has 2 fully saturated rings. The molecule has 2 saturated heterocycles. The molecule has 2 N–H and O–H groups in total. The molecule has 4 rings (SSSR count). The quantitative estimate of drug-likeness (QED) is 0.429. The molecule has 12 heteroatoms. The number of para-hydroxylation sites is 2. The zero-order valence-corrected chi connectivity index (χ0v) is 20.4. The van der Waals surface area contributed by atoms with Gasteiger partial charge in [-0.05, 0) is 44.7 Å². The van der Waals surface area contributed by atoms with Crippen LogP contribution in [0.1, 0.15) is 39.5 Å². The Morgan fingerprint density at radius 1 is 1.21 bits per heavy atom. The lowest BCUT2D eigenvalue weighted by atomic mass is 10.00. The Hall–Kier alpha value is -3.28. The van der Waals surface area contributed by atoms with Gasteiger partial charge in [-0.2, -0.15) is 5.01 Å². The van der Waals surface area contributed by atoms with Crippen LogP contribution in [0.5, 0.6) is 5.75 Å². The molecule has 1 aromatic carbocycles. The number of imide groups is 1. The molecular formula is C22H29N7O4S. The van der Waals surface area contributed by atoms with E-state index < -0.39 is 23.4 Å². The van der Waals surface area contributed by atoms with Crippen LogP contribution in [0.15, 0.2) is 29.4 Å². The molecule has 0 bridgehead atoms. The Morgan fingerprint density at radius 3 is 2.62 bits per heavy atom. The van der Waals surface area contributed by atoms with Gasteiger partial charge in [0, 0.05) is 13.1 Å². The van der Waals surface area contributed by atoms with Gasteiger partial charge in [0.2, 0.25) is 11.9 Å². The minimum atomic E-state index is -1.02. The zero-order chi connectivity index (χ0) is 24.3. The number of aromatic nitrogens is 3. The molecule has 0 spiro atoms. The summed E-state index contributed by atoms with van der Waals surface area (Å²) in [6.07, 6.45) is 3.75. The first-order valence-electron chi connectivity index (χ1n) is 11.3. The van der Waals surface area contributed by atoms with E-state index in [2.05, 4.69) is 25.8 Å². The number of carbonyl (C=O) groups is 3. The molecule has 0 aliphatic carbocycles. The van der Waals surface area contributed by atoms with Crippen molar-refractivity contribution in [2.75, 3.05) is 30.9 Å². The van der Waals surface area contributed by atoms with Crippen LogP contribution in [0.2, 0.25) is 0 Å². The first-order chi connectivity index (χ1) is 16.4. The molecule has 1 atom stereocenters. The second-order valence-corrected chi connectivity index (χ2v) is 9.36. The number of methoxy groups -OCH3 is 1. The summed E-state index contributed by atoms with van der Waals surface area (Å²) >= 11 is 1.17. The standard InChI is InChI=1S/C22H29N7O4S/c1-4-22(2)18(31)29(20(32)23-22)26-17(30)14-34-21-25-24-19(27-12-8-5-9-13-27)28(21)15-10-6-7-11-16(15)33-3/h6-7,10-11H,4-5,8-9,12-14H2,1-3H3,(H,23,32)(H,26,30). The number of hydrazine groups is 1. The highest BCUT2D eigenvalue weighted by Crippen LogP contribution is 2.32. The minimum Gasteiger partial charge on any atom is -0.495 e. The van der Waals surface area contributed by atoms with E-state index in [4.69, 9.17) is 4.74 Å². The number of ether oxygens (including phenoxy) is 1. The molecule has 2 aliphatic rings. The third-order valence-corrected chi connectivity index (χ3v) is 7.05. The first kappa shape index (κ1) is 23.9. The molecular weight excluding hydrogens is 458 g/mol. The number of anilines is 1. The van der Waals surface area contributed by atoms with E-state index >= 15 is 0 Å². The van der Waals surface area contributed by atoms with E-state index in [-0.39, 0.29) is 5.75 Å². The zero-order valence-electron chi connectivity index (χ0n) is 19.5. The lowest BCUT2D eigenvalue weighted by Crippen LogP contribution is -2.49. The predicted molar refractivity (Wildman–Crippen MR) is 127 cm³/mol. The second-order valence-electron chi connectivity index (χ2n) is 8.42. The Balaban J connectivity index is 1.54. The van der Waals surface area contributed by atoms with E-state index in [1.165, 1.54) is 18.2 Å². The van der Waals surface area contributed by atoms with Crippen LogP contribution >= 0.6 is 11.8 Å². The number of benzene rings is 1. The molecule has 2 aliphatic heterocycles. The highest BCUT2D eigenvalue weighted by Gasteiger charge is 2.47. The number of hydrogen-bond acceptors (Lipinski definition) is 8. The molecule has 4 amide bonds. The predicted octanol–water partition coefficient (Wildman–Crippen LogP) is 2.11. The SMILES string of the molecule is CCC1(C)NC(=O)N(NC(=O)CSc2nnc(N3CCCCC3)n2-c2ccccc2OC)C1=O. The second kappa shape index (κ2) is 9.92. The number of nitrogens with zero attached hydrogens (tertiary/aromatic N) is 5. The number of nitrogens with one attached hydrogen (secondary N) is 2. The Labute approximate surface area is 202 Å². The summed E-state index contributed by atoms with van der Waals surface area (Å²) in [5, 5.41) is 12.6. The summed E-state index contributed by atoms with van der Waals surface area (Å²) < 4.78 is 7.46. The highest BCUT2D eigenvalue weighted by molar-refractivity contribution is 7.99. The van der Waals surface area contributed by atoms with Gasteiger partial charge in [0.05, 0.1) is 18.6 Å². The molecule has 0 radical (unpaired) electrons. The van der Waals surface area contributed by atoms with Crippen molar-refractivity contribution < 1.29 is 19.1 Å². The number of carbonyl (C=O) groups excluding carboxylic acids is 3. The molecule has 1 unspecified atom stereocenters. The van der Waals surface area contributed by atoms with Gasteiger partial charge < -0.3 is 15.0 Å². The summed E-state index contributed by atoms with van der Waals surface area (Å²) in [6.45, 7) is 5.18. The topological polar surface area (TPSA) is 122 Å². The van der Waals surface area contributed by atoms with Gasteiger partial charge in [-0.3, -0.25) is 19.6 Å². The van der Waals surface area contributed by atoms with Crippen molar-refractivity contribution in [1.82, 2.24) is 30.5 Å². The fourth-order valence-electron chi connectivity index (χ4n) is 3.99. The lowest BCUT2D eigenvalue weighted by molar-refractivity contribution is -0.137. The number of thioether (sulfide) groups is 1. The summed E-state index contributed by atoms with van der Waals surface area (Å²) in [5.74, 6) is 0.309. The number of piperidine rings is 1. The molecule has 11 nitrogen and oxygen atoms in total. The Kier molecular flexibility index (Phi) is 6.96. The largest absolute Gasteiger partial charge is 0.495 e. The van der Waals surface area contributed by atoms with Gasteiger partial charge in [0.1, 0.15) is 11.3 Å². The van der Waals surface area contributed by atoms with E-state index in [0.29, 0.717) is 23.3 Å². The van der Waals surface area contributed by atoms with Crippen molar-refractivity contribution in [2.45, 2.75) is 50.2 Å². The third-order valence-electron chi connectivity index (χ3n) is 6.12. The van der Waals surface area contributed by atoms with Crippen LogP contribution in [0.4, 0.5) is 10.7 Å². The van der Waals surface area contributed by atoms with E-state index in [0.717, 1.165) is 36.6 Å². The molecule has 34 heavy (non-hydrogen) atoms. The molecule has 1 aromatic heterocycles. The average molecular weight is 488 g/mol. The van der Waals surface area contributed by atoms with Gasteiger partial charge in [-0.25, -0.2) is 4.79 Å². The number of rotatable bonds is 8. The van der Waals surface area contributed by atoms with Crippen LogP contribution in [0.3, 0.4) is 0 Å². The van der Waals surface area contributed by atoms with E-state index in [1.54, 1.807) is 21.0 Å². The van der Waals surface area contributed by atoms with E-state index in [1.807, 2.05) is 28.8 Å². The monoisotopic (exact) mass is 487 g/mol. The van der Waals surface area contributed by atoms with Crippen molar-refractivity contribution >= 4 is 35.6 Å². The molecule has 2 aromatic rings. The highest BCUT2D eigenvalue weighted by atomic mass is 32.2. The summed E-state index contributed by atoms with van der Waals surface area (Å²) in [5.41, 5.74) is 2.16. The minimum absolute atomic E-state index is 0.0623. The Morgan fingerprint density at radius 2 is 1.94 bits per heavy atom. The number of amides is 4. The fraction of sp³-hybridized carbons (Fsp3) is 0.500. The van der Waals surface area contributed by atoms with Crippen molar-refractivity contribution in [3.63, 3.8) is 0 Å². The summed E-state index contributed by atoms with van der Waals surface area (Å²) in [7, 11) is 1.60. The molecule has 0 saturated carbocycles.